The molecule has 1 aliphatic rings. The largest absolute Gasteiger partial charge is 0.370 e. The average molecular weight is 222 g/mol. The van der Waals surface area contributed by atoms with Crippen molar-refractivity contribution in [3.05, 3.63) is 34.7 Å². The molecule has 0 spiro atoms. The fraction of sp³-hybridized carbons (Fsp3) is 0.300. The van der Waals surface area contributed by atoms with Crippen molar-refractivity contribution in [2.45, 2.75) is 18.5 Å². The third-order valence-corrected chi connectivity index (χ3v) is 3.22. The Hall–Kier alpha value is -1.33. The molecule has 2 heterocycles. The van der Waals surface area contributed by atoms with Gasteiger partial charge in [-0.1, -0.05) is 6.07 Å². The van der Waals surface area contributed by atoms with Gasteiger partial charge in [-0.15, -0.1) is 11.3 Å². The first-order valence-corrected chi connectivity index (χ1v) is 5.67. The maximum absolute atomic E-state index is 6.08. The van der Waals surface area contributed by atoms with Crippen LogP contribution in [-0.4, -0.2) is 11.6 Å². The van der Waals surface area contributed by atoms with Crippen molar-refractivity contribution in [1.29, 1.82) is 0 Å². The third-order valence-electron chi connectivity index (χ3n) is 2.28. The van der Waals surface area contributed by atoms with E-state index in [9.17, 15) is 0 Å². The molecule has 80 valence electrons. The van der Waals surface area contributed by atoms with Crippen LogP contribution in [0.1, 0.15) is 11.3 Å². The zero-order chi connectivity index (χ0) is 10.7. The fourth-order valence-corrected chi connectivity index (χ4v) is 2.19. The molecule has 5 N–H and O–H groups in total. The number of nitrogens with zero attached hydrogens (tertiary/aromatic N) is 1. The Bertz CT molecular complexity index is 382. The van der Waals surface area contributed by atoms with Gasteiger partial charge in [0.2, 0.25) is 0 Å². The van der Waals surface area contributed by atoms with E-state index >= 15 is 0 Å². The average Bonchev–Trinajstić information content (AvgIpc) is 2.67. The van der Waals surface area contributed by atoms with E-state index in [1.807, 2.05) is 12.1 Å². The van der Waals surface area contributed by atoms with Gasteiger partial charge in [-0.2, -0.15) is 0 Å². The Balaban J connectivity index is 1.99. The first kappa shape index (κ1) is 10.2. The number of guanidine groups is 1. The van der Waals surface area contributed by atoms with Crippen molar-refractivity contribution < 1.29 is 0 Å². The van der Waals surface area contributed by atoms with Gasteiger partial charge in [-0.05, 0) is 30.4 Å². The summed E-state index contributed by atoms with van der Waals surface area (Å²) in [5, 5.41) is 4.86. The van der Waals surface area contributed by atoms with Crippen LogP contribution in [0.2, 0.25) is 0 Å². The molecular weight excluding hydrogens is 208 g/mol. The summed E-state index contributed by atoms with van der Waals surface area (Å²) < 4.78 is 0. The highest BCUT2D eigenvalue weighted by atomic mass is 32.1. The van der Waals surface area contributed by atoms with Crippen LogP contribution in [0, 0.1) is 0 Å². The monoisotopic (exact) mass is 222 g/mol. The normalized spacial score (nSPS) is 24.7. The lowest BCUT2D eigenvalue weighted by Gasteiger charge is -2.24. The zero-order valence-electron chi connectivity index (χ0n) is 8.31. The molecule has 2 rings (SSSR count). The van der Waals surface area contributed by atoms with Crippen LogP contribution in [0.3, 0.4) is 0 Å². The topological polar surface area (TPSA) is 76.4 Å². The zero-order valence-corrected chi connectivity index (χ0v) is 9.13. The van der Waals surface area contributed by atoms with E-state index in [4.69, 9.17) is 11.5 Å². The van der Waals surface area contributed by atoms with E-state index in [0.29, 0.717) is 5.96 Å². The number of hydrogen-bond donors (Lipinski definition) is 3. The Morgan fingerprint density at radius 1 is 1.53 bits per heavy atom. The van der Waals surface area contributed by atoms with Crippen LogP contribution >= 0.6 is 11.3 Å². The Morgan fingerprint density at radius 2 is 2.40 bits per heavy atom. The minimum Gasteiger partial charge on any atom is -0.370 e. The summed E-state index contributed by atoms with van der Waals surface area (Å²) in [6, 6.07) is 4.14. The summed E-state index contributed by atoms with van der Waals surface area (Å²) in [5.74, 6) is 0.381. The first-order valence-electron chi connectivity index (χ1n) is 4.79. The first-order chi connectivity index (χ1) is 7.18. The van der Waals surface area contributed by atoms with Crippen molar-refractivity contribution in [2.24, 2.45) is 16.5 Å². The summed E-state index contributed by atoms with van der Waals surface area (Å²) in [6.07, 6.45) is 5.29. The molecule has 0 amide bonds. The van der Waals surface area contributed by atoms with Crippen LogP contribution in [0.4, 0.5) is 0 Å². The SMILES string of the molecule is NC1=NC(N)(CCc2cccs2)C=CN1. The van der Waals surface area contributed by atoms with Gasteiger partial charge in [0.05, 0.1) is 0 Å². The lowest BCUT2D eigenvalue weighted by molar-refractivity contribution is 0.502. The highest BCUT2D eigenvalue weighted by Crippen LogP contribution is 2.19. The quantitative estimate of drug-likeness (QED) is 0.707. The van der Waals surface area contributed by atoms with Crippen molar-refractivity contribution in [2.75, 3.05) is 0 Å². The van der Waals surface area contributed by atoms with Gasteiger partial charge in [-0.3, -0.25) is 0 Å². The molecule has 0 saturated heterocycles. The van der Waals surface area contributed by atoms with Crippen LogP contribution in [-0.2, 0) is 6.42 Å². The summed E-state index contributed by atoms with van der Waals surface area (Å²) >= 11 is 1.74. The summed E-state index contributed by atoms with van der Waals surface area (Å²) in [5.41, 5.74) is 11.0. The van der Waals surface area contributed by atoms with Gasteiger partial charge in [0.1, 0.15) is 5.66 Å². The predicted molar refractivity (Wildman–Crippen MR) is 63.5 cm³/mol. The number of nitrogens with one attached hydrogen (secondary N) is 1. The highest BCUT2D eigenvalue weighted by Gasteiger charge is 2.23. The van der Waals surface area contributed by atoms with Crippen molar-refractivity contribution in [3.63, 3.8) is 0 Å². The minimum absolute atomic E-state index is 0.381. The smallest absolute Gasteiger partial charge is 0.194 e. The van der Waals surface area contributed by atoms with Crippen molar-refractivity contribution >= 4 is 17.3 Å². The van der Waals surface area contributed by atoms with Crippen LogP contribution < -0.4 is 16.8 Å². The van der Waals surface area contributed by atoms with Gasteiger partial charge in [0.25, 0.3) is 0 Å². The number of nitrogens with two attached hydrogens (primary N) is 2. The Labute approximate surface area is 92.7 Å². The van der Waals surface area contributed by atoms with E-state index in [2.05, 4.69) is 21.8 Å². The number of aryl methyl sites for hydroxylation is 1. The van der Waals surface area contributed by atoms with Gasteiger partial charge in [0, 0.05) is 11.1 Å². The summed E-state index contributed by atoms with van der Waals surface area (Å²) in [6.45, 7) is 0. The molecule has 5 heteroatoms. The second kappa shape index (κ2) is 4.04. The molecule has 15 heavy (non-hydrogen) atoms. The second-order valence-corrected chi connectivity index (χ2v) is 4.58. The van der Waals surface area contributed by atoms with E-state index < -0.39 is 5.66 Å². The number of rotatable bonds is 3. The van der Waals surface area contributed by atoms with E-state index in [1.165, 1.54) is 4.88 Å². The van der Waals surface area contributed by atoms with E-state index in [-0.39, 0.29) is 0 Å². The molecule has 0 fully saturated rings. The molecule has 1 aliphatic heterocycles. The molecule has 1 aromatic heterocycles. The number of aliphatic imine (C=N–C) groups is 1. The molecule has 0 radical (unpaired) electrons. The molecule has 1 atom stereocenters. The van der Waals surface area contributed by atoms with Crippen LogP contribution in [0.25, 0.3) is 0 Å². The van der Waals surface area contributed by atoms with Crippen molar-refractivity contribution in [1.82, 2.24) is 5.32 Å². The molecule has 1 aromatic rings. The Morgan fingerprint density at radius 3 is 3.07 bits per heavy atom. The number of hydrogen-bond acceptors (Lipinski definition) is 5. The fourth-order valence-electron chi connectivity index (χ4n) is 1.48. The molecule has 0 aliphatic carbocycles. The van der Waals surface area contributed by atoms with Crippen LogP contribution in [0.15, 0.2) is 34.8 Å². The molecule has 0 aromatic carbocycles. The lowest BCUT2D eigenvalue weighted by Crippen LogP contribution is -2.44. The summed E-state index contributed by atoms with van der Waals surface area (Å²) in [4.78, 5) is 5.51. The minimum atomic E-state index is -0.653. The van der Waals surface area contributed by atoms with Crippen LogP contribution in [0.5, 0.6) is 0 Å². The van der Waals surface area contributed by atoms with E-state index in [0.717, 1.165) is 12.8 Å². The standard InChI is InChI=1S/C10H14N4S/c11-9-13-6-5-10(12,14-9)4-3-8-2-1-7-15-8/h1-2,5-7H,3-4,12H2,(H3,11,13,14). The maximum Gasteiger partial charge on any atom is 0.194 e. The highest BCUT2D eigenvalue weighted by molar-refractivity contribution is 7.09. The number of thiophene rings is 1. The Kier molecular flexibility index (Phi) is 2.75. The molecular formula is C10H14N4S. The summed E-state index contributed by atoms with van der Waals surface area (Å²) in [7, 11) is 0. The maximum atomic E-state index is 6.08. The van der Waals surface area contributed by atoms with Gasteiger partial charge >= 0.3 is 0 Å². The lowest BCUT2D eigenvalue weighted by atomic mass is 10.0. The van der Waals surface area contributed by atoms with Crippen molar-refractivity contribution in [3.8, 4) is 0 Å². The second-order valence-electron chi connectivity index (χ2n) is 3.55. The van der Waals surface area contributed by atoms with Gasteiger partial charge < -0.3 is 16.8 Å². The predicted octanol–water partition coefficient (Wildman–Crippen LogP) is 0.767. The molecule has 4 nitrogen and oxygen atoms in total. The third kappa shape index (κ3) is 2.57. The van der Waals surface area contributed by atoms with Gasteiger partial charge in [0.15, 0.2) is 5.96 Å². The molecule has 1 unspecified atom stereocenters. The molecule has 0 saturated carbocycles. The molecule has 0 bridgehead atoms. The van der Waals surface area contributed by atoms with E-state index in [1.54, 1.807) is 17.5 Å². The van der Waals surface area contributed by atoms with Gasteiger partial charge in [-0.25, -0.2) is 4.99 Å².